The van der Waals surface area contributed by atoms with Gasteiger partial charge in [0.05, 0.1) is 49.9 Å². The highest BCUT2D eigenvalue weighted by Crippen LogP contribution is 2.48. The highest BCUT2D eigenvalue weighted by Gasteiger charge is 2.45. The Morgan fingerprint density at radius 2 is 1.15 bits per heavy atom. The molecule has 0 amide bonds. The van der Waals surface area contributed by atoms with Crippen LogP contribution in [0, 0.1) is 31.6 Å². The zero-order valence-corrected chi connectivity index (χ0v) is 15.2. The minimum absolute atomic E-state index is 0.0677. The Morgan fingerprint density at radius 1 is 0.727 bits per heavy atom. The second-order valence-corrected chi connectivity index (χ2v) is 6.08. The van der Waals surface area contributed by atoms with Crippen molar-refractivity contribution in [1.29, 1.82) is 5.26 Å². The minimum Gasteiger partial charge on any atom is -0.348 e. The van der Waals surface area contributed by atoms with Crippen LogP contribution in [0.5, 0.6) is 0 Å². The smallest absolute Gasteiger partial charge is 0.348 e. The summed E-state index contributed by atoms with van der Waals surface area (Å²) in [7, 11) is 0. The second-order valence-electron chi connectivity index (χ2n) is 6.08. The Labute approximate surface area is 175 Å². The van der Waals surface area contributed by atoms with Gasteiger partial charge in [-0.2, -0.15) is 44.8 Å². The molecule has 2 rings (SSSR count). The van der Waals surface area contributed by atoms with Crippen molar-refractivity contribution in [1.82, 2.24) is 0 Å². The molecule has 0 aromatic heterocycles. The van der Waals surface area contributed by atoms with E-state index in [4.69, 9.17) is 5.26 Å². The number of nitro groups is 2. The molecule has 0 heterocycles. The molecule has 0 aliphatic carbocycles. The molecule has 0 unspecified atom stereocenters. The maximum atomic E-state index is 13.5. The van der Waals surface area contributed by atoms with E-state index in [2.05, 4.69) is 0 Å². The molecule has 1 N–H and O–H groups in total. The summed E-state index contributed by atoms with van der Waals surface area (Å²) in [4.78, 5) is 18.9. The maximum absolute atomic E-state index is 13.5. The molecular weight excluding hydrogens is 483 g/mol. The van der Waals surface area contributed by atoms with E-state index >= 15 is 0 Å². The van der Waals surface area contributed by atoms with Crippen molar-refractivity contribution < 1.29 is 49.4 Å². The lowest BCUT2D eigenvalue weighted by Crippen LogP contribution is -2.18. The van der Waals surface area contributed by atoms with E-state index in [1.165, 1.54) is 0 Å². The standard InChI is InChI=1S/C16H5F9N4O4/c17-14(18,19)8-1-6(5-26)2-9(15(20,21)22)12(8)27-13-10(16(23,24)25)3-7(28(30)31)4-11(13)29(32)33/h1-4,27H. The molecule has 0 saturated carbocycles. The first-order valence-corrected chi connectivity index (χ1v) is 7.91. The van der Waals surface area contributed by atoms with Gasteiger partial charge in [0.15, 0.2) is 0 Å². The van der Waals surface area contributed by atoms with Gasteiger partial charge >= 0.3 is 18.5 Å². The average Bonchev–Trinajstić information content (AvgIpc) is 2.64. The fourth-order valence-corrected chi connectivity index (χ4v) is 2.63. The predicted octanol–water partition coefficient (Wildman–Crippen LogP) is 6.17. The van der Waals surface area contributed by atoms with Crippen LogP contribution in [0.2, 0.25) is 0 Å². The number of nitro benzene ring substituents is 2. The average molecular weight is 488 g/mol. The predicted molar refractivity (Wildman–Crippen MR) is 89.2 cm³/mol. The third kappa shape index (κ3) is 5.22. The summed E-state index contributed by atoms with van der Waals surface area (Å²) < 4.78 is 121. The second kappa shape index (κ2) is 8.11. The number of nitrogens with zero attached hydrogens (tertiary/aromatic N) is 3. The fourth-order valence-electron chi connectivity index (χ4n) is 2.63. The third-order valence-corrected chi connectivity index (χ3v) is 3.94. The number of anilines is 2. The molecule has 17 heteroatoms. The number of hydrogen-bond acceptors (Lipinski definition) is 6. The molecule has 0 saturated heterocycles. The first kappa shape index (κ1) is 25.2. The summed E-state index contributed by atoms with van der Waals surface area (Å²) in [6.45, 7) is 0. The SMILES string of the molecule is N#Cc1cc(C(F)(F)F)c(Nc2c([N+](=O)[O-])cc([N+](=O)[O-])cc2C(F)(F)F)c(C(F)(F)F)c1. The molecule has 0 aliphatic rings. The van der Waals surface area contributed by atoms with Crippen molar-refractivity contribution in [2.24, 2.45) is 0 Å². The van der Waals surface area contributed by atoms with E-state index < -0.39 is 73.4 Å². The lowest BCUT2D eigenvalue weighted by molar-refractivity contribution is -0.394. The number of halogens is 9. The van der Waals surface area contributed by atoms with Gasteiger partial charge in [0, 0.05) is 6.07 Å². The molecule has 0 bridgehead atoms. The van der Waals surface area contributed by atoms with Crippen LogP contribution in [-0.2, 0) is 18.5 Å². The molecule has 0 radical (unpaired) electrons. The molecule has 2 aromatic carbocycles. The van der Waals surface area contributed by atoms with Gasteiger partial charge in [-0.3, -0.25) is 20.2 Å². The molecule has 176 valence electrons. The van der Waals surface area contributed by atoms with Gasteiger partial charge in [-0.1, -0.05) is 0 Å². The first-order chi connectivity index (χ1) is 14.9. The van der Waals surface area contributed by atoms with Crippen LogP contribution in [-0.4, -0.2) is 9.85 Å². The maximum Gasteiger partial charge on any atom is 0.418 e. The summed E-state index contributed by atoms with van der Waals surface area (Å²) in [5.41, 5.74) is -15.2. The fraction of sp³-hybridized carbons (Fsp3) is 0.188. The third-order valence-electron chi connectivity index (χ3n) is 3.94. The Kier molecular flexibility index (Phi) is 6.18. The summed E-state index contributed by atoms with van der Waals surface area (Å²) in [6.07, 6.45) is -17.0. The summed E-state index contributed by atoms with van der Waals surface area (Å²) in [5, 5.41) is 32.0. The normalized spacial score (nSPS) is 12.2. The van der Waals surface area contributed by atoms with Crippen molar-refractivity contribution in [2.45, 2.75) is 18.5 Å². The van der Waals surface area contributed by atoms with Gasteiger partial charge in [0.1, 0.15) is 5.69 Å². The number of alkyl halides is 9. The molecule has 0 atom stereocenters. The molecule has 0 aliphatic heterocycles. The molecule has 0 spiro atoms. The highest BCUT2D eigenvalue weighted by atomic mass is 19.4. The monoisotopic (exact) mass is 488 g/mol. The van der Waals surface area contributed by atoms with Gasteiger partial charge in [-0.05, 0) is 12.1 Å². The van der Waals surface area contributed by atoms with Crippen molar-refractivity contribution in [2.75, 3.05) is 5.32 Å². The Bertz CT molecular complexity index is 1150. The molecule has 0 fully saturated rings. The number of hydrogen-bond donors (Lipinski definition) is 1. The van der Waals surface area contributed by atoms with E-state index in [9.17, 15) is 59.7 Å². The Balaban J connectivity index is 3.03. The van der Waals surface area contributed by atoms with Crippen LogP contribution in [0.25, 0.3) is 0 Å². The largest absolute Gasteiger partial charge is 0.418 e. The van der Waals surface area contributed by atoms with E-state index in [-0.39, 0.29) is 24.3 Å². The highest BCUT2D eigenvalue weighted by molar-refractivity contribution is 5.79. The van der Waals surface area contributed by atoms with Crippen LogP contribution in [0.4, 0.5) is 62.3 Å². The lowest BCUT2D eigenvalue weighted by atomic mass is 10.0. The van der Waals surface area contributed by atoms with Gasteiger partial charge in [-0.25, -0.2) is 0 Å². The summed E-state index contributed by atoms with van der Waals surface area (Å²) in [5.74, 6) is 0. The van der Waals surface area contributed by atoms with Crippen molar-refractivity contribution in [3.8, 4) is 6.07 Å². The molecule has 33 heavy (non-hydrogen) atoms. The number of benzene rings is 2. The zero-order chi connectivity index (χ0) is 25.5. The van der Waals surface area contributed by atoms with Gasteiger partial charge in [0.2, 0.25) is 0 Å². The Morgan fingerprint density at radius 3 is 1.48 bits per heavy atom. The molecule has 8 nitrogen and oxygen atoms in total. The van der Waals surface area contributed by atoms with Crippen LogP contribution in [0.1, 0.15) is 22.3 Å². The first-order valence-electron chi connectivity index (χ1n) is 7.91. The molecule has 2 aromatic rings. The topological polar surface area (TPSA) is 122 Å². The summed E-state index contributed by atoms with van der Waals surface area (Å²) in [6, 6.07) is 0.459. The Hall–Kier alpha value is -4.10. The zero-order valence-electron chi connectivity index (χ0n) is 15.2. The molecular formula is C16H5F9N4O4. The van der Waals surface area contributed by atoms with Crippen LogP contribution in [0.15, 0.2) is 24.3 Å². The minimum atomic E-state index is -5.68. The van der Waals surface area contributed by atoms with Crippen LogP contribution in [0.3, 0.4) is 0 Å². The van der Waals surface area contributed by atoms with Crippen molar-refractivity contribution in [3.63, 3.8) is 0 Å². The number of nitrogens with one attached hydrogen (secondary N) is 1. The van der Waals surface area contributed by atoms with Gasteiger partial charge < -0.3 is 5.32 Å². The van der Waals surface area contributed by atoms with Gasteiger partial charge in [-0.15, -0.1) is 0 Å². The van der Waals surface area contributed by atoms with E-state index in [0.717, 1.165) is 11.4 Å². The summed E-state index contributed by atoms with van der Waals surface area (Å²) >= 11 is 0. The van der Waals surface area contributed by atoms with Crippen molar-refractivity contribution in [3.05, 3.63) is 66.7 Å². The lowest BCUT2D eigenvalue weighted by Gasteiger charge is -2.22. The number of rotatable bonds is 4. The number of non-ortho nitro benzene ring substituents is 1. The van der Waals surface area contributed by atoms with E-state index in [1.54, 1.807) is 0 Å². The number of nitriles is 1. The van der Waals surface area contributed by atoms with E-state index in [1.807, 2.05) is 0 Å². The van der Waals surface area contributed by atoms with Crippen LogP contribution >= 0.6 is 0 Å². The van der Waals surface area contributed by atoms with Crippen LogP contribution < -0.4 is 5.32 Å². The van der Waals surface area contributed by atoms with Gasteiger partial charge in [0.25, 0.3) is 11.4 Å². The quantitative estimate of drug-likeness (QED) is 0.312. The van der Waals surface area contributed by atoms with E-state index in [0.29, 0.717) is 0 Å². The van der Waals surface area contributed by atoms with Crippen molar-refractivity contribution >= 4 is 22.7 Å².